The smallest absolute Gasteiger partial charge is 0.167 e. The summed E-state index contributed by atoms with van der Waals surface area (Å²) in [4.78, 5) is 11.9. The van der Waals surface area contributed by atoms with Crippen LogP contribution in [0.4, 0.5) is 0 Å². The summed E-state index contributed by atoms with van der Waals surface area (Å²) in [5.41, 5.74) is 2.62. The molecule has 148 valence electrons. The van der Waals surface area contributed by atoms with Crippen molar-refractivity contribution in [1.82, 2.24) is 5.32 Å². The van der Waals surface area contributed by atoms with Crippen LogP contribution >= 0.6 is 12.4 Å². The van der Waals surface area contributed by atoms with Gasteiger partial charge in [0.25, 0.3) is 0 Å². The third kappa shape index (κ3) is 6.54. The van der Waals surface area contributed by atoms with Gasteiger partial charge >= 0.3 is 0 Å². The lowest BCUT2D eigenvalue weighted by Crippen LogP contribution is -2.23. The molecule has 2 aromatic carbocycles. The third-order valence-corrected chi connectivity index (χ3v) is 4.19. The summed E-state index contributed by atoms with van der Waals surface area (Å²) >= 11 is 0. The molecule has 0 radical (unpaired) electrons. The number of Topliss-reactive ketones (excluding diaryl/α,β-unsaturated/α-hetero) is 1. The molecule has 0 spiro atoms. The molecule has 0 amide bonds. The van der Waals surface area contributed by atoms with E-state index in [0.717, 1.165) is 11.1 Å². The van der Waals surface area contributed by atoms with Gasteiger partial charge in [-0.15, -0.1) is 12.4 Å². The van der Waals surface area contributed by atoms with E-state index in [1.807, 2.05) is 42.5 Å². The van der Waals surface area contributed by atoms with Gasteiger partial charge in [0, 0.05) is 12.6 Å². The highest BCUT2D eigenvalue weighted by atomic mass is 35.5. The van der Waals surface area contributed by atoms with Crippen LogP contribution in [-0.2, 0) is 11.3 Å². The number of benzene rings is 2. The minimum absolute atomic E-state index is 0. The Morgan fingerprint density at radius 2 is 1.67 bits per heavy atom. The molecule has 2 aromatic rings. The lowest BCUT2D eigenvalue weighted by Gasteiger charge is -2.18. The van der Waals surface area contributed by atoms with E-state index in [2.05, 4.69) is 12.2 Å². The fourth-order valence-electron chi connectivity index (χ4n) is 2.76. The number of ketones is 1. The third-order valence-electron chi connectivity index (χ3n) is 4.19. The predicted octanol–water partition coefficient (Wildman–Crippen LogP) is 4.20. The molecule has 27 heavy (non-hydrogen) atoms. The summed E-state index contributed by atoms with van der Waals surface area (Å²) in [7, 11) is 3.11. The topological polar surface area (TPSA) is 56.8 Å². The number of carbonyl (C=O) groups excluding carboxylic acids is 1. The summed E-state index contributed by atoms with van der Waals surface area (Å²) < 4.78 is 16.4. The highest BCUT2D eigenvalue weighted by Crippen LogP contribution is 2.33. The first kappa shape index (κ1) is 23.0. The molecular weight excluding hydrogens is 366 g/mol. The molecule has 1 N–H and O–H groups in total. The van der Waals surface area contributed by atoms with Crippen molar-refractivity contribution in [1.29, 1.82) is 0 Å². The quantitative estimate of drug-likeness (QED) is 0.484. The highest BCUT2D eigenvalue weighted by molar-refractivity contribution is 5.99. The zero-order valence-electron chi connectivity index (χ0n) is 16.3. The standard InChI is InChI=1S/C21H27NO4.ClH/c1-15(22-10-11-26-14-17-8-6-5-7-9-17)18-12-19(24-3)21(16(2)23)20(13-18)25-4;/h5-9,12-13,15,22H,10-11,14H2,1-4H3;1H/t15-;/m1./s1. The van der Waals surface area contributed by atoms with E-state index in [-0.39, 0.29) is 24.2 Å². The van der Waals surface area contributed by atoms with Crippen molar-refractivity contribution in [3.8, 4) is 11.5 Å². The SMILES string of the molecule is COc1cc([C@@H](C)NCCOCc2ccccc2)cc(OC)c1C(C)=O.Cl. The minimum Gasteiger partial charge on any atom is -0.496 e. The summed E-state index contributed by atoms with van der Waals surface area (Å²) in [6.07, 6.45) is 0. The van der Waals surface area contributed by atoms with Gasteiger partial charge < -0.3 is 19.5 Å². The predicted molar refractivity (Wildman–Crippen MR) is 109 cm³/mol. The van der Waals surface area contributed by atoms with E-state index in [9.17, 15) is 4.79 Å². The summed E-state index contributed by atoms with van der Waals surface area (Å²) in [6, 6.07) is 13.9. The van der Waals surface area contributed by atoms with Crippen molar-refractivity contribution < 1.29 is 19.0 Å². The van der Waals surface area contributed by atoms with E-state index in [0.29, 0.717) is 36.8 Å². The van der Waals surface area contributed by atoms with Gasteiger partial charge in [0.2, 0.25) is 0 Å². The Morgan fingerprint density at radius 3 is 2.19 bits per heavy atom. The Balaban J connectivity index is 0.00000364. The van der Waals surface area contributed by atoms with Crippen LogP contribution in [-0.4, -0.2) is 33.2 Å². The van der Waals surface area contributed by atoms with Crippen molar-refractivity contribution in [2.45, 2.75) is 26.5 Å². The van der Waals surface area contributed by atoms with Crippen molar-refractivity contribution in [2.75, 3.05) is 27.4 Å². The molecule has 0 aliphatic rings. The zero-order valence-corrected chi connectivity index (χ0v) is 17.1. The first-order valence-electron chi connectivity index (χ1n) is 8.68. The molecule has 6 heteroatoms. The zero-order chi connectivity index (χ0) is 18.9. The molecule has 5 nitrogen and oxygen atoms in total. The Morgan fingerprint density at radius 1 is 1.07 bits per heavy atom. The van der Waals surface area contributed by atoms with E-state index in [4.69, 9.17) is 14.2 Å². The second kappa shape index (κ2) is 11.6. The molecule has 0 bridgehead atoms. The monoisotopic (exact) mass is 393 g/mol. The van der Waals surface area contributed by atoms with Crippen LogP contribution in [0, 0.1) is 0 Å². The Bertz CT molecular complexity index is 696. The summed E-state index contributed by atoms with van der Waals surface area (Å²) in [5.74, 6) is 0.974. The average molecular weight is 394 g/mol. The number of methoxy groups -OCH3 is 2. The van der Waals surface area contributed by atoms with Gasteiger partial charge in [0.1, 0.15) is 17.1 Å². The lowest BCUT2D eigenvalue weighted by atomic mass is 10.0. The first-order chi connectivity index (χ1) is 12.6. The molecule has 0 aliphatic carbocycles. The van der Waals surface area contributed by atoms with Gasteiger partial charge in [0.15, 0.2) is 5.78 Å². The maximum atomic E-state index is 11.9. The number of hydrogen-bond donors (Lipinski definition) is 1. The summed E-state index contributed by atoms with van der Waals surface area (Å²) in [6.45, 7) is 5.49. The Hall–Kier alpha value is -2.08. The van der Waals surface area contributed by atoms with Gasteiger partial charge in [-0.25, -0.2) is 0 Å². The fourth-order valence-corrected chi connectivity index (χ4v) is 2.76. The van der Waals surface area contributed by atoms with Crippen LogP contribution in [0.15, 0.2) is 42.5 Å². The summed E-state index contributed by atoms with van der Waals surface area (Å²) in [5, 5.41) is 3.42. The molecule has 0 unspecified atom stereocenters. The van der Waals surface area contributed by atoms with Crippen LogP contribution in [0.3, 0.4) is 0 Å². The highest BCUT2D eigenvalue weighted by Gasteiger charge is 2.18. The number of hydrogen-bond acceptors (Lipinski definition) is 5. The van der Waals surface area contributed by atoms with Crippen LogP contribution in [0.1, 0.15) is 41.4 Å². The minimum atomic E-state index is -0.0832. The van der Waals surface area contributed by atoms with Crippen LogP contribution in [0.5, 0.6) is 11.5 Å². The molecule has 0 fully saturated rings. The van der Waals surface area contributed by atoms with Crippen LogP contribution < -0.4 is 14.8 Å². The van der Waals surface area contributed by atoms with Crippen molar-refractivity contribution in [2.24, 2.45) is 0 Å². The Labute approximate surface area is 167 Å². The van der Waals surface area contributed by atoms with Gasteiger partial charge in [-0.1, -0.05) is 30.3 Å². The number of ether oxygens (including phenoxy) is 3. The number of halogens is 1. The Kier molecular flexibility index (Phi) is 9.86. The number of rotatable bonds is 10. The van der Waals surface area contributed by atoms with Gasteiger partial charge in [-0.2, -0.15) is 0 Å². The van der Waals surface area contributed by atoms with E-state index in [1.54, 1.807) is 14.2 Å². The lowest BCUT2D eigenvalue weighted by molar-refractivity contribution is 0.101. The van der Waals surface area contributed by atoms with Crippen molar-refractivity contribution in [3.05, 3.63) is 59.2 Å². The van der Waals surface area contributed by atoms with Crippen LogP contribution in [0.2, 0.25) is 0 Å². The van der Waals surface area contributed by atoms with E-state index >= 15 is 0 Å². The number of nitrogens with one attached hydrogen (secondary N) is 1. The first-order valence-corrected chi connectivity index (χ1v) is 8.68. The average Bonchev–Trinajstić information content (AvgIpc) is 2.66. The molecule has 0 heterocycles. The molecule has 2 rings (SSSR count). The maximum absolute atomic E-state index is 11.9. The second-order valence-electron chi connectivity index (χ2n) is 6.07. The molecule has 1 atom stereocenters. The largest absolute Gasteiger partial charge is 0.496 e. The fraction of sp³-hybridized carbons (Fsp3) is 0.381. The van der Waals surface area contributed by atoms with Crippen LogP contribution in [0.25, 0.3) is 0 Å². The van der Waals surface area contributed by atoms with Gasteiger partial charge in [0.05, 0.1) is 27.4 Å². The maximum Gasteiger partial charge on any atom is 0.167 e. The molecular formula is C21H28ClNO4. The molecule has 0 saturated heterocycles. The van der Waals surface area contributed by atoms with Crippen molar-refractivity contribution in [3.63, 3.8) is 0 Å². The molecule has 0 aromatic heterocycles. The van der Waals surface area contributed by atoms with Gasteiger partial charge in [-0.05, 0) is 37.1 Å². The van der Waals surface area contributed by atoms with E-state index in [1.165, 1.54) is 6.92 Å². The second-order valence-corrected chi connectivity index (χ2v) is 6.07. The molecule has 0 aliphatic heterocycles. The number of carbonyl (C=O) groups is 1. The van der Waals surface area contributed by atoms with Crippen molar-refractivity contribution >= 4 is 18.2 Å². The van der Waals surface area contributed by atoms with Gasteiger partial charge in [-0.3, -0.25) is 4.79 Å². The normalized spacial score (nSPS) is 11.4. The van der Waals surface area contributed by atoms with E-state index < -0.39 is 0 Å². The molecule has 0 saturated carbocycles.